The number of aromatic nitrogens is 2. The van der Waals surface area contributed by atoms with Crippen molar-refractivity contribution in [3.63, 3.8) is 0 Å². The highest BCUT2D eigenvalue weighted by Crippen LogP contribution is 2.22. The Morgan fingerprint density at radius 2 is 1.83 bits per heavy atom. The first-order valence-electron chi connectivity index (χ1n) is 9.28. The van der Waals surface area contributed by atoms with Crippen LogP contribution in [0.4, 0.5) is 5.69 Å². The maximum atomic E-state index is 13.2. The van der Waals surface area contributed by atoms with Gasteiger partial charge in [-0.1, -0.05) is 47.7 Å². The van der Waals surface area contributed by atoms with Gasteiger partial charge in [-0.3, -0.25) is 14.2 Å². The van der Waals surface area contributed by atoms with Gasteiger partial charge in [-0.25, -0.2) is 4.98 Å². The molecular formula is C23H18IN3O2S. The maximum absolute atomic E-state index is 13.2. The minimum atomic E-state index is -0.153. The van der Waals surface area contributed by atoms with Gasteiger partial charge in [0.1, 0.15) is 0 Å². The number of thioether (sulfide) groups is 1. The predicted molar refractivity (Wildman–Crippen MR) is 131 cm³/mol. The first-order valence-corrected chi connectivity index (χ1v) is 11.3. The molecule has 30 heavy (non-hydrogen) atoms. The fourth-order valence-corrected chi connectivity index (χ4v) is 4.38. The average Bonchev–Trinajstić information content (AvgIpc) is 2.73. The van der Waals surface area contributed by atoms with Crippen LogP contribution in [0.5, 0.6) is 0 Å². The van der Waals surface area contributed by atoms with E-state index >= 15 is 0 Å². The molecule has 7 heteroatoms. The lowest BCUT2D eigenvalue weighted by Crippen LogP contribution is -2.23. The van der Waals surface area contributed by atoms with E-state index < -0.39 is 0 Å². The normalized spacial score (nSPS) is 10.9. The van der Waals surface area contributed by atoms with E-state index in [9.17, 15) is 9.59 Å². The van der Waals surface area contributed by atoms with Crippen LogP contribution in [0.3, 0.4) is 0 Å². The molecule has 0 saturated heterocycles. The molecule has 1 N–H and O–H groups in total. The van der Waals surface area contributed by atoms with Crippen molar-refractivity contribution in [1.82, 2.24) is 9.55 Å². The number of halogens is 1. The van der Waals surface area contributed by atoms with Crippen LogP contribution in [0.15, 0.2) is 82.7 Å². The monoisotopic (exact) mass is 527 g/mol. The van der Waals surface area contributed by atoms with Gasteiger partial charge in [-0.2, -0.15) is 0 Å². The highest BCUT2D eigenvalue weighted by atomic mass is 127. The Morgan fingerprint density at radius 1 is 1.07 bits per heavy atom. The van der Waals surface area contributed by atoms with E-state index in [1.165, 1.54) is 11.8 Å². The SMILES string of the molecule is Cc1ccc(-n2c(SCC(=O)Nc3cccc(I)c3)nc3ccccc3c2=O)cc1. The summed E-state index contributed by atoms with van der Waals surface area (Å²) < 4.78 is 2.62. The molecule has 0 spiro atoms. The van der Waals surface area contributed by atoms with Gasteiger partial charge in [0.15, 0.2) is 5.16 Å². The molecule has 0 aliphatic carbocycles. The molecule has 0 radical (unpaired) electrons. The number of fused-ring (bicyclic) bond motifs is 1. The number of amides is 1. The zero-order chi connectivity index (χ0) is 21.1. The van der Waals surface area contributed by atoms with Crippen LogP contribution in [0.25, 0.3) is 16.6 Å². The molecule has 0 bridgehead atoms. The number of para-hydroxylation sites is 1. The van der Waals surface area contributed by atoms with Crippen molar-refractivity contribution in [2.75, 3.05) is 11.1 Å². The van der Waals surface area contributed by atoms with Crippen molar-refractivity contribution in [3.8, 4) is 5.69 Å². The minimum absolute atomic E-state index is 0.141. The Hall–Kier alpha value is -2.65. The molecule has 3 aromatic carbocycles. The zero-order valence-electron chi connectivity index (χ0n) is 16.1. The van der Waals surface area contributed by atoms with E-state index in [1.54, 1.807) is 10.6 Å². The molecule has 1 aromatic heterocycles. The van der Waals surface area contributed by atoms with Gasteiger partial charge in [0.05, 0.1) is 22.3 Å². The second kappa shape index (κ2) is 9.01. The average molecular weight is 527 g/mol. The Bertz CT molecular complexity index is 1290. The minimum Gasteiger partial charge on any atom is -0.325 e. The largest absolute Gasteiger partial charge is 0.325 e. The third-order valence-electron chi connectivity index (χ3n) is 4.48. The Labute approximate surface area is 191 Å². The van der Waals surface area contributed by atoms with Gasteiger partial charge in [0.2, 0.25) is 5.91 Å². The number of carbonyl (C=O) groups excluding carboxylic acids is 1. The summed E-state index contributed by atoms with van der Waals surface area (Å²) in [5.41, 5.74) is 3.04. The molecule has 0 unspecified atom stereocenters. The van der Waals surface area contributed by atoms with E-state index in [1.807, 2.05) is 73.7 Å². The topological polar surface area (TPSA) is 64.0 Å². The lowest BCUT2D eigenvalue weighted by molar-refractivity contribution is -0.113. The van der Waals surface area contributed by atoms with Crippen LogP contribution >= 0.6 is 34.4 Å². The number of hydrogen-bond acceptors (Lipinski definition) is 4. The van der Waals surface area contributed by atoms with Crippen LogP contribution in [0, 0.1) is 10.5 Å². The van der Waals surface area contributed by atoms with Gasteiger partial charge in [-0.15, -0.1) is 0 Å². The molecular weight excluding hydrogens is 509 g/mol. The van der Waals surface area contributed by atoms with Gasteiger partial charge < -0.3 is 5.32 Å². The lowest BCUT2D eigenvalue weighted by Gasteiger charge is -2.13. The van der Waals surface area contributed by atoms with E-state index in [-0.39, 0.29) is 17.2 Å². The number of hydrogen-bond donors (Lipinski definition) is 1. The smallest absolute Gasteiger partial charge is 0.266 e. The van der Waals surface area contributed by atoms with Crippen molar-refractivity contribution < 1.29 is 4.79 Å². The second-order valence-corrected chi connectivity index (χ2v) is 8.92. The predicted octanol–water partition coefficient (Wildman–Crippen LogP) is 5.03. The quantitative estimate of drug-likeness (QED) is 0.225. The molecule has 0 fully saturated rings. The molecule has 4 aromatic rings. The van der Waals surface area contributed by atoms with Gasteiger partial charge >= 0.3 is 0 Å². The van der Waals surface area contributed by atoms with Crippen LogP contribution in [0.2, 0.25) is 0 Å². The third-order valence-corrected chi connectivity index (χ3v) is 6.09. The van der Waals surface area contributed by atoms with Crippen molar-refractivity contribution in [1.29, 1.82) is 0 Å². The highest BCUT2D eigenvalue weighted by molar-refractivity contribution is 14.1. The van der Waals surface area contributed by atoms with Crippen molar-refractivity contribution in [2.24, 2.45) is 0 Å². The summed E-state index contributed by atoms with van der Waals surface area (Å²) in [6, 6.07) is 22.6. The fourth-order valence-electron chi connectivity index (χ4n) is 3.02. The Kier molecular flexibility index (Phi) is 6.19. The standard InChI is InChI=1S/C23H18IN3O2S/c1-15-9-11-18(12-10-15)27-22(29)19-7-2-3-8-20(19)26-23(27)30-14-21(28)25-17-6-4-5-16(24)13-17/h2-13H,14H2,1H3,(H,25,28). The third kappa shape index (κ3) is 4.57. The molecule has 4 rings (SSSR count). The molecule has 1 amide bonds. The summed E-state index contributed by atoms with van der Waals surface area (Å²) >= 11 is 3.45. The van der Waals surface area contributed by atoms with Gasteiger partial charge in [0, 0.05) is 9.26 Å². The number of rotatable bonds is 5. The number of aryl methyl sites for hydroxylation is 1. The number of nitrogens with one attached hydrogen (secondary N) is 1. The lowest BCUT2D eigenvalue weighted by atomic mass is 10.2. The molecule has 0 atom stereocenters. The summed E-state index contributed by atoms with van der Waals surface area (Å²) in [7, 11) is 0. The van der Waals surface area contributed by atoms with E-state index in [2.05, 4.69) is 32.9 Å². The summed E-state index contributed by atoms with van der Waals surface area (Å²) in [6.07, 6.45) is 0. The van der Waals surface area contributed by atoms with Crippen molar-refractivity contribution >= 4 is 56.9 Å². The Morgan fingerprint density at radius 3 is 2.60 bits per heavy atom. The number of carbonyl (C=O) groups is 1. The van der Waals surface area contributed by atoms with Crippen LogP contribution in [0.1, 0.15) is 5.56 Å². The van der Waals surface area contributed by atoms with E-state index in [0.717, 1.165) is 20.5 Å². The highest BCUT2D eigenvalue weighted by Gasteiger charge is 2.15. The summed E-state index contributed by atoms with van der Waals surface area (Å²) in [4.78, 5) is 30.4. The molecule has 150 valence electrons. The molecule has 0 aliphatic rings. The first-order chi connectivity index (χ1) is 14.5. The van der Waals surface area contributed by atoms with Crippen LogP contribution in [-0.4, -0.2) is 21.2 Å². The van der Waals surface area contributed by atoms with Crippen molar-refractivity contribution in [2.45, 2.75) is 12.1 Å². The zero-order valence-corrected chi connectivity index (χ0v) is 19.1. The number of benzene rings is 3. The molecule has 1 heterocycles. The van der Waals surface area contributed by atoms with Gasteiger partial charge in [0.25, 0.3) is 5.56 Å². The molecule has 0 aliphatic heterocycles. The molecule has 5 nitrogen and oxygen atoms in total. The van der Waals surface area contributed by atoms with Crippen LogP contribution < -0.4 is 10.9 Å². The summed E-state index contributed by atoms with van der Waals surface area (Å²) in [5, 5.41) is 3.93. The Balaban J connectivity index is 1.67. The second-order valence-electron chi connectivity index (χ2n) is 6.73. The number of anilines is 1. The first kappa shape index (κ1) is 20.6. The number of nitrogens with zero attached hydrogens (tertiary/aromatic N) is 2. The van der Waals surface area contributed by atoms with E-state index in [0.29, 0.717) is 16.1 Å². The van der Waals surface area contributed by atoms with Gasteiger partial charge in [-0.05, 0) is 72.0 Å². The van der Waals surface area contributed by atoms with Crippen molar-refractivity contribution in [3.05, 3.63) is 92.3 Å². The summed E-state index contributed by atoms with van der Waals surface area (Å²) in [5.74, 6) is -0.0119. The van der Waals surface area contributed by atoms with Crippen LogP contribution in [-0.2, 0) is 4.79 Å². The fraction of sp³-hybridized carbons (Fsp3) is 0.0870. The van der Waals surface area contributed by atoms with E-state index in [4.69, 9.17) is 0 Å². The molecule has 0 saturated carbocycles. The maximum Gasteiger partial charge on any atom is 0.266 e. The summed E-state index contributed by atoms with van der Waals surface area (Å²) in [6.45, 7) is 2.00.